The van der Waals surface area contributed by atoms with Crippen molar-refractivity contribution in [2.24, 2.45) is 0 Å². The van der Waals surface area contributed by atoms with E-state index >= 15 is 0 Å². The smallest absolute Gasteiger partial charge is 0.337 e. The quantitative estimate of drug-likeness (QED) is 0.597. The summed E-state index contributed by atoms with van der Waals surface area (Å²) in [6.07, 6.45) is 1.05. The van der Waals surface area contributed by atoms with Crippen LogP contribution in [0.25, 0.3) is 0 Å². The Morgan fingerprint density at radius 2 is 1.52 bits per heavy atom. The number of carbonyl (C=O) groups is 2. The lowest BCUT2D eigenvalue weighted by Crippen LogP contribution is -2.12. The Kier molecular flexibility index (Phi) is 5.76. The van der Waals surface area contributed by atoms with E-state index < -0.39 is 16.0 Å². The van der Waals surface area contributed by atoms with Crippen LogP contribution in [0, 0.1) is 0 Å². The van der Waals surface area contributed by atoms with Gasteiger partial charge >= 0.3 is 5.97 Å². The second-order valence-electron chi connectivity index (χ2n) is 5.18. The molecule has 2 aromatic rings. The molecular formula is C17H17NO6S. The Morgan fingerprint density at radius 3 is 2.04 bits per heavy atom. The maximum absolute atomic E-state index is 12.1. The topological polar surface area (TPSA) is 98.8 Å². The van der Waals surface area contributed by atoms with Crippen LogP contribution in [0.4, 0.5) is 5.69 Å². The molecule has 0 spiro atoms. The minimum atomic E-state index is -3.36. The normalized spacial score (nSPS) is 10.8. The largest absolute Gasteiger partial charge is 0.485 e. The zero-order valence-electron chi connectivity index (χ0n) is 13.7. The van der Waals surface area contributed by atoms with Crippen molar-refractivity contribution in [2.75, 3.05) is 24.7 Å². The SMILES string of the molecule is COC(=O)c1ccc(OCC(=O)c2ccc(NS(C)(=O)=O)cc2)cc1. The van der Waals surface area contributed by atoms with Crippen molar-refractivity contribution in [2.45, 2.75) is 0 Å². The number of ether oxygens (including phenoxy) is 2. The van der Waals surface area contributed by atoms with E-state index in [1.807, 2.05) is 0 Å². The molecule has 2 rings (SSSR count). The highest BCUT2D eigenvalue weighted by Crippen LogP contribution is 2.15. The van der Waals surface area contributed by atoms with Crippen LogP contribution in [0.2, 0.25) is 0 Å². The number of ketones is 1. The number of sulfonamides is 1. The minimum Gasteiger partial charge on any atom is -0.485 e. The molecule has 0 atom stereocenters. The summed E-state index contributed by atoms with van der Waals surface area (Å²) in [5, 5.41) is 0. The minimum absolute atomic E-state index is 0.184. The van der Waals surface area contributed by atoms with E-state index in [0.717, 1.165) is 6.26 Å². The lowest BCUT2D eigenvalue weighted by molar-refractivity contribution is 0.0600. The molecule has 0 unspecified atom stereocenters. The number of Topliss-reactive ketones (excluding diaryl/α,β-unsaturated/α-hetero) is 1. The van der Waals surface area contributed by atoms with Gasteiger partial charge in [-0.05, 0) is 48.5 Å². The Bertz CT molecular complexity index is 857. The molecule has 7 nitrogen and oxygen atoms in total. The molecule has 2 aromatic carbocycles. The molecule has 0 aliphatic rings. The molecular weight excluding hydrogens is 346 g/mol. The van der Waals surface area contributed by atoms with Gasteiger partial charge in [0.05, 0.1) is 18.9 Å². The van der Waals surface area contributed by atoms with Crippen molar-refractivity contribution < 1.29 is 27.5 Å². The van der Waals surface area contributed by atoms with Gasteiger partial charge in [-0.2, -0.15) is 0 Å². The number of carbonyl (C=O) groups excluding carboxylic acids is 2. The molecule has 0 aliphatic heterocycles. The lowest BCUT2D eigenvalue weighted by atomic mass is 10.1. The van der Waals surface area contributed by atoms with Crippen LogP contribution in [0.5, 0.6) is 5.75 Å². The second kappa shape index (κ2) is 7.80. The molecule has 0 radical (unpaired) electrons. The summed E-state index contributed by atoms with van der Waals surface area (Å²) in [7, 11) is -2.07. The van der Waals surface area contributed by atoms with Crippen molar-refractivity contribution in [3.63, 3.8) is 0 Å². The molecule has 25 heavy (non-hydrogen) atoms. The van der Waals surface area contributed by atoms with Crippen LogP contribution in [-0.4, -0.2) is 40.1 Å². The van der Waals surface area contributed by atoms with Crippen molar-refractivity contribution in [3.8, 4) is 5.75 Å². The number of hydrogen-bond acceptors (Lipinski definition) is 6. The average molecular weight is 363 g/mol. The first-order valence-corrected chi connectivity index (χ1v) is 9.10. The highest BCUT2D eigenvalue weighted by molar-refractivity contribution is 7.92. The summed E-state index contributed by atoms with van der Waals surface area (Å²) in [4.78, 5) is 23.4. The molecule has 0 amide bonds. The van der Waals surface area contributed by atoms with Gasteiger partial charge in [-0.1, -0.05) is 0 Å². The third kappa shape index (κ3) is 5.61. The monoisotopic (exact) mass is 363 g/mol. The third-order valence-electron chi connectivity index (χ3n) is 3.16. The second-order valence-corrected chi connectivity index (χ2v) is 6.93. The molecule has 0 heterocycles. The predicted molar refractivity (Wildman–Crippen MR) is 92.5 cm³/mol. The van der Waals surface area contributed by atoms with Gasteiger partial charge in [0.25, 0.3) is 0 Å². The Morgan fingerprint density at radius 1 is 0.960 bits per heavy atom. The fourth-order valence-electron chi connectivity index (χ4n) is 1.98. The number of nitrogens with one attached hydrogen (secondary N) is 1. The molecule has 0 saturated heterocycles. The highest BCUT2D eigenvalue weighted by Gasteiger charge is 2.09. The standard InChI is InChI=1S/C17H17NO6S/c1-23-17(20)13-5-9-15(10-6-13)24-11-16(19)12-3-7-14(8-4-12)18-25(2,21)22/h3-10,18H,11H2,1-2H3. The Labute approximate surface area is 145 Å². The van der Waals surface area contributed by atoms with Gasteiger partial charge in [0.2, 0.25) is 10.0 Å². The van der Waals surface area contributed by atoms with Crippen LogP contribution < -0.4 is 9.46 Å². The van der Waals surface area contributed by atoms with Gasteiger partial charge in [-0.15, -0.1) is 0 Å². The van der Waals surface area contributed by atoms with Crippen LogP contribution in [-0.2, 0) is 14.8 Å². The zero-order chi connectivity index (χ0) is 18.4. The summed E-state index contributed by atoms with van der Waals surface area (Å²) in [6.45, 7) is -0.184. The van der Waals surface area contributed by atoms with Gasteiger partial charge in [0, 0.05) is 11.3 Å². The number of anilines is 1. The number of esters is 1. The van der Waals surface area contributed by atoms with Gasteiger partial charge in [0.1, 0.15) is 5.75 Å². The maximum Gasteiger partial charge on any atom is 0.337 e. The molecule has 0 bridgehead atoms. The fourth-order valence-corrected chi connectivity index (χ4v) is 2.54. The van der Waals surface area contributed by atoms with Crippen LogP contribution in [0.1, 0.15) is 20.7 Å². The average Bonchev–Trinajstić information content (AvgIpc) is 2.58. The summed E-state index contributed by atoms with van der Waals surface area (Å²) in [6, 6.07) is 12.2. The van der Waals surface area contributed by atoms with Crippen molar-refractivity contribution >= 4 is 27.5 Å². The number of benzene rings is 2. The summed E-state index contributed by atoms with van der Waals surface area (Å²) >= 11 is 0. The highest BCUT2D eigenvalue weighted by atomic mass is 32.2. The van der Waals surface area contributed by atoms with Crippen LogP contribution >= 0.6 is 0 Å². The van der Waals surface area contributed by atoms with Gasteiger partial charge < -0.3 is 9.47 Å². The van der Waals surface area contributed by atoms with E-state index in [9.17, 15) is 18.0 Å². The number of methoxy groups -OCH3 is 1. The van der Waals surface area contributed by atoms with E-state index in [-0.39, 0.29) is 12.4 Å². The Balaban J connectivity index is 1.94. The maximum atomic E-state index is 12.1. The molecule has 0 aromatic heterocycles. The third-order valence-corrected chi connectivity index (χ3v) is 3.76. The van der Waals surface area contributed by atoms with Crippen LogP contribution in [0.3, 0.4) is 0 Å². The molecule has 0 saturated carbocycles. The molecule has 0 aliphatic carbocycles. The van der Waals surface area contributed by atoms with Gasteiger partial charge in [0.15, 0.2) is 12.4 Å². The molecule has 8 heteroatoms. The van der Waals surface area contributed by atoms with Crippen molar-refractivity contribution in [1.29, 1.82) is 0 Å². The van der Waals surface area contributed by atoms with Crippen LogP contribution in [0.15, 0.2) is 48.5 Å². The van der Waals surface area contributed by atoms with Gasteiger partial charge in [-0.3, -0.25) is 9.52 Å². The van der Waals surface area contributed by atoms with E-state index in [1.54, 1.807) is 12.1 Å². The first kappa shape index (κ1) is 18.5. The molecule has 0 fully saturated rings. The zero-order valence-corrected chi connectivity index (χ0v) is 14.5. The first-order valence-electron chi connectivity index (χ1n) is 7.21. The van der Waals surface area contributed by atoms with E-state index in [4.69, 9.17) is 4.74 Å². The van der Waals surface area contributed by atoms with Crippen molar-refractivity contribution in [1.82, 2.24) is 0 Å². The summed E-state index contributed by atoms with van der Waals surface area (Å²) in [5.41, 5.74) is 1.15. The van der Waals surface area contributed by atoms with E-state index in [1.165, 1.54) is 43.5 Å². The Hall–Kier alpha value is -2.87. The summed E-state index contributed by atoms with van der Waals surface area (Å²) in [5.74, 6) is -0.273. The predicted octanol–water partition coefficient (Wildman–Crippen LogP) is 2.11. The first-order chi connectivity index (χ1) is 11.8. The van der Waals surface area contributed by atoms with E-state index in [0.29, 0.717) is 22.6 Å². The number of rotatable bonds is 7. The van der Waals surface area contributed by atoms with E-state index in [2.05, 4.69) is 9.46 Å². The molecule has 1 N–H and O–H groups in total. The number of hydrogen-bond donors (Lipinski definition) is 1. The fraction of sp³-hybridized carbons (Fsp3) is 0.176. The molecule has 132 valence electrons. The van der Waals surface area contributed by atoms with Crippen molar-refractivity contribution in [3.05, 3.63) is 59.7 Å². The summed E-state index contributed by atoms with van der Waals surface area (Å²) < 4.78 is 34.6. The van der Waals surface area contributed by atoms with Gasteiger partial charge in [-0.25, -0.2) is 13.2 Å². The lowest BCUT2D eigenvalue weighted by Gasteiger charge is -2.07.